The molecule has 1 unspecified atom stereocenters. The number of hydrogen-bond donors (Lipinski definition) is 3. The Balaban J connectivity index is 4.01. The molecule has 0 radical (unpaired) electrons. The van der Waals surface area contributed by atoms with E-state index in [-0.39, 0.29) is 19.1 Å². The van der Waals surface area contributed by atoms with Gasteiger partial charge in [-0.1, -0.05) is 244 Å². The number of amides is 1. The van der Waals surface area contributed by atoms with Crippen molar-refractivity contribution in [3.05, 3.63) is 12.2 Å². The van der Waals surface area contributed by atoms with Gasteiger partial charge in [-0.15, -0.1) is 0 Å². The molecule has 9 heteroatoms. The zero-order valence-electron chi connectivity index (χ0n) is 40.7. The normalized spacial score (nSPS) is 14.2. The Morgan fingerprint density at radius 1 is 0.550 bits per heavy atom. The number of phosphoric ester groups is 1. The first-order valence-electron chi connectivity index (χ1n) is 26.1. The maximum atomic E-state index is 12.9. The van der Waals surface area contributed by atoms with Crippen molar-refractivity contribution in [2.24, 2.45) is 0 Å². The minimum Gasteiger partial charge on any atom is -0.387 e. The zero-order chi connectivity index (χ0) is 44.3. The summed E-state index contributed by atoms with van der Waals surface area (Å²) in [6.45, 7) is 4.82. The zero-order valence-corrected chi connectivity index (χ0v) is 41.6. The molecule has 0 bridgehead atoms. The van der Waals surface area contributed by atoms with Crippen LogP contribution in [0.1, 0.15) is 258 Å². The number of nitrogens with zero attached hydrogens (tertiary/aromatic N) is 1. The number of hydrogen-bond acceptors (Lipinski definition) is 5. The minimum absolute atomic E-state index is 0.0645. The van der Waals surface area contributed by atoms with Gasteiger partial charge in [-0.2, -0.15) is 0 Å². The number of nitrogens with one attached hydrogen (secondary N) is 1. The fraction of sp³-hybridized carbons (Fsp3) is 0.941. The van der Waals surface area contributed by atoms with Crippen LogP contribution in [0.3, 0.4) is 0 Å². The standard InChI is InChI=1S/C51H103N2O6P/c1-6-8-10-12-14-16-18-19-20-21-22-23-24-25-26-27-28-29-30-31-32-33-34-35-37-39-41-43-45-51(55)52-49(48-59-60(56,57)58-47-46-53(3,4)5)50(54)44-42-40-38-36-17-15-13-11-9-7-2/h42,44,49-50,54H,6-41,43,45-48H2,1-5H3,(H-,52,55,56,57)/p+1/b44-42+/t49-,50+/m0/s1. The van der Waals surface area contributed by atoms with E-state index < -0.39 is 20.0 Å². The monoisotopic (exact) mass is 872 g/mol. The van der Waals surface area contributed by atoms with Crippen molar-refractivity contribution in [3.63, 3.8) is 0 Å². The molecule has 0 aromatic heterocycles. The second-order valence-electron chi connectivity index (χ2n) is 19.3. The fourth-order valence-corrected chi connectivity index (χ4v) is 8.60. The molecule has 0 aliphatic carbocycles. The number of carbonyl (C=O) groups excluding carboxylic acids is 1. The maximum Gasteiger partial charge on any atom is 0.472 e. The third-order valence-electron chi connectivity index (χ3n) is 12.0. The van der Waals surface area contributed by atoms with Crippen molar-refractivity contribution in [1.82, 2.24) is 5.32 Å². The third kappa shape index (κ3) is 45.3. The summed E-state index contributed by atoms with van der Waals surface area (Å²) in [7, 11) is 1.58. The van der Waals surface area contributed by atoms with Crippen LogP contribution in [0.4, 0.5) is 0 Å². The van der Waals surface area contributed by atoms with Gasteiger partial charge in [0.25, 0.3) is 0 Å². The lowest BCUT2D eigenvalue weighted by Crippen LogP contribution is -2.45. The van der Waals surface area contributed by atoms with Crippen LogP contribution in [-0.2, 0) is 18.4 Å². The van der Waals surface area contributed by atoms with Gasteiger partial charge in [-0.25, -0.2) is 4.57 Å². The van der Waals surface area contributed by atoms with Gasteiger partial charge < -0.3 is 19.8 Å². The first-order chi connectivity index (χ1) is 29.0. The van der Waals surface area contributed by atoms with Crippen LogP contribution >= 0.6 is 7.82 Å². The summed E-state index contributed by atoms with van der Waals surface area (Å²) in [5.74, 6) is -0.173. The number of rotatable bonds is 48. The second-order valence-corrected chi connectivity index (χ2v) is 20.7. The molecule has 0 aliphatic rings. The topological polar surface area (TPSA) is 105 Å². The molecule has 0 saturated carbocycles. The summed E-state index contributed by atoms with van der Waals surface area (Å²) in [5, 5.41) is 13.8. The van der Waals surface area contributed by atoms with E-state index in [2.05, 4.69) is 19.2 Å². The molecule has 8 nitrogen and oxygen atoms in total. The van der Waals surface area contributed by atoms with E-state index >= 15 is 0 Å². The SMILES string of the molecule is CCCCCCCCCC/C=C/[C@@H](O)[C@H](COP(=O)(O)OCC[N+](C)(C)C)NC(=O)CCCCCCCCCCCCCCCCCCCCCCCCCCCCCC. The van der Waals surface area contributed by atoms with Gasteiger partial charge >= 0.3 is 7.82 Å². The number of unbranched alkanes of at least 4 members (excludes halogenated alkanes) is 35. The van der Waals surface area contributed by atoms with Crippen LogP contribution in [-0.4, -0.2) is 73.4 Å². The Morgan fingerprint density at radius 3 is 1.23 bits per heavy atom. The van der Waals surface area contributed by atoms with Crippen LogP contribution in [0.2, 0.25) is 0 Å². The van der Waals surface area contributed by atoms with E-state index in [1.807, 2.05) is 27.2 Å². The van der Waals surface area contributed by atoms with E-state index in [1.54, 1.807) is 6.08 Å². The summed E-state index contributed by atoms with van der Waals surface area (Å²) in [4.78, 5) is 23.1. The minimum atomic E-state index is -4.33. The van der Waals surface area contributed by atoms with Gasteiger partial charge in [0, 0.05) is 6.42 Å². The summed E-state index contributed by atoms with van der Waals surface area (Å²) in [5.41, 5.74) is 0. The molecule has 3 N–H and O–H groups in total. The van der Waals surface area contributed by atoms with E-state index in [4.69, 9.17) is 9.05 Å². The van der Waals surface area contributed by atoms with Gasteiger partial charge in [-0.3, -0.25) is 13.8 Å². The molecule has 0 aromatic carbocycles. The van der Waals surface area contributed by atoms with E-state index in [0.29, 0.717) is 17.4 Å². The average molecular weight is 872 g/mol. The Morgan fingerprint density at radius 2 is 0.883 bits per heavy atom. The lowest BCUT2D eigenvalue weighted by molar-refractivity contribution is -0.870. The first kappa shape index (κ1) is 59.2. The highest BCUT2D eigenvalue weighted by atomic mass is 31.2. The third-order valence-corrected chi connectivity index (χ3v) is 13.0. The largest absolute Gasteiger partial charge is 0.472 e. The van der Waals surface area contributed by atoms with Gasteiger partial charge in [0.15, 0.2) is 0 Å². The summed E-state index contributed by atoms with van der Waals surface area (Å²) >= 11 is 0. The summed E-state index contributed by atoms with van der Waals surface area (Å²) in [6, 6.07) is -0.839. The second kappa shape index (κ2) is 43.5. The number of carbonyl (C=O) groups is 1. The highest BCUT2D eigenvalue weighted by Crippen LogP contribution is 2.43. The number of aliphatic hydroxyl groups is 1. The molecule has 0 saturated heterocycles. The Kier molecular flexibility index (Phi) is 42.9. The molecule has 0 spiro atoms. The maximum absolute atomic E-state index is 12.9. The average Bonchev–Trinajstić information content (AvgIpc) is 3.20. The summed E-state index contributed by atoms with van der Waals surface area (Å²) in [6.07, 6.45) is 51.7. The highest BCUT2D eigenvalue weighted by molar-refractivity contribution is 7.47. The molecule has 60 heavy (non-hydrogen) atoms. The van der Waals surface area contributed by atoms with Gasteiger partial charge in [0.2, 0.25) is 5.91 Å². The van der Waals surface area contributed by atoms with Crippen molar-refractivity contribution in [2.45, 2.75) is 270 Å². The molecule has 358 valence electrons. The fourth-order valence-electron chi connectivity index (χ4n) is 7.87. The van der Waals surface area contributed by atoms with Gasteiger partial charge in [-0.05, 0) is 19.3 Å². The molecule has 3 atom stereocenters. The lowest BCUT2D eigenvalue weighted by Gasteiger charge is -2.25. The van der Waals surface area contributed by atoms with Crippen LogP contribution in [0.15, 0.2) is 12.2 Å². The van der Waals surface area contributed by atoms with Gasteiger partial charge in [0.05, 0.1) is 39.9 Å². The van der Waals surface area contributed by atoms with Crippen LogP contribution in [0.25, 0.3) is 0 Å². The Labute approximate surface area is 373 Å². The summed E-state index contributed by atoms with van der Waals surface area (Å²) < 4.78 is 23.6. The van der Waals surface area contributed by atoms with Gasteiger partial charge in [0.1, 0.15) is 13.2 Å². The Hall–Kier alpha value is -0.760. The van der Waals surface area contributed by atoms with E-state index in [9.17, 15) is 19.4 Å². The predicted octanol–water partition coefficient (Wildman–Crippen LogP) is 15.1. The van der Waals surface area contributed by atoms with Crippen molar-refractivity contribution < 1.29 is 32.9 Å². The molecule has 0 aromatic rings. The molecule has 1 amide bonds. The number of phosphoric acid groups is 1. The van der Waals surface area contributed by atoms with Crippen LogP contribution in [0.5, 0.6) is 0 Å². The van der Waals surface area contributed by atoms with Crippen molar-refractivity contribution in [3.8, 4) is 0 Å². The molecular formula is C51H104N2O6P+. The lowest BCUT2D eigenvalue weighted by atomic mass is 10.0. The molecule has 0 rings (SSSR count). The number of quaternary nitrogens is 1. The quantitative estimate of drug-likeness (QED) is 0.0243. The number of likely N-dealkylation sites (N-methyl/N-ethyl adjacent to an activating group) is 1. The molecule has 0 fully saturated rings. The van der Waals surface area contributed by atoms with Crippen molar-refractivity contribution in [2.75, 3.05) is 40.9 Å². The predicted molar refractivity (Wildman–Crippen MR) is 259 cm³/mol. The van der Waals surface area contributed by atoms with Crippen LogP contribution in [0, 0.1) is 0 Å². The first-order valence-corrected chi connectivity index (χ1v) is 27.6. The Bertz CT molecular complexity index is 989. The highest BCUT2D eigenvalue weighted by Gasteiger charge is 2.27. The molecule has 0 aliphatic heterocycles. The van der Waals surface area contributed by atoms with Crippen molar-refractivity contribution in [1.29, 1.82) is 0 Å². The number of allylic oxidation sites excluding steroid dienone is 1. The van der Waals surface area contributed by atoms with Crippen molar-refractivity contribution >= 4 is 13.7 Å². The van der Waals surface area contributed by atoms with Crippen LogP contribution < -0.4 is 5.32 Å². The number of aliphatic hydroxyl groups excluding tert-OH is 1. The van der Waals surface area contributed by atoms with E-state index in [1.165, 1.54) is 199 Å². The molecule has 0 heterocycles. The smallest absolute Gasteiger partial charge is 0.387 e. The molecular weight excluding hydrogens is 768 g/mol. The van der Waals surface area contributed by atoms with E-state index in [0.717, 1.165) is 38.5 Å².